The second-order valence-corrected chi connectivity index (χ2v) is 6.99. The van der Waals surface area contributed by atoms with Crippen molar-refractivity contribution in [1.82, 2.24) is 9.97 Å². The Labute approximate surface area is 108 Å². The van der Waals surface area contributed by atoms with Crippen LogP contribution in [0.4, 0.5) is 5.82 Å². The van der Waals surface area contributed by atoms with Crippen LogP contribution >= 0.6 is 11.3 Å². The Balaban J connectivity index is 1.96. The van der Waals surface area contributed by atoms with Crippen molar-refractivity contribution in [2.75, 3.05) is 11.1 Å². The number of sulfone groups is 1. The zero-order valence-electron chi connectivity index (χ0n) is 9.62. The molecule has 1 N–H and O–H groups in total. The van der Waals surface area contributed by atoms with E-state index in [0.29, 0.717) is 11.6 Å². The molecule has 1 atom stereocenters. The Kier molecular flexibility index (Phi) is 2.60. The Bertz CT molecular complexity index is 734. The molecule has 0 radical (unpaired) electrons. The molecule has 0 fully saturated rings. The summed E-state index contributed by atoms with van der Waals surface area (Å²) >= 11 is 1.55. The first kappa shape index (κ1) is 11.6. The molecule has 0 amide bonds. The van der Waals surface area contributed by atoms with Gasteiger partial charge in [0.1, 0.15) is 16.5 Å². The number of aryl methyl sites for hydroxylation is 1. The fraction of sp³-hybridized carbons (Fsp3) is 0.273. The maximum atomic E-state index is 11.4. The average molecular weight is 281 g/mol. The van der Waals surface area contributed by atoms with Crippen molar-refractivity contribution < 1.29 is 8.42 Å². The lowest BCUT2D eigenvalue weighted by atomic mass is 10.3. The number of nitrogens with one attached hydrogen (secondary N) is 1. The lowest BCUT2D eigenvalue weighted by Crippen LogP contribution is -2.21. The van der Waals surface area contributed by atoms with Gasteiger partial charge in [-0.2, -0.15) is 0 Å². The Morgan fingerprint density at radius 2 is 2.28 bits per heavy atom. The molecule has 0 aliphatic carbocycles. The quantitative estimate of drug-likeness (QED) is 0.907. The number of hydrogen-bond acceptors (Lipinski definition) is 6. The van der Waals surface area contributed by atoms with Gasteiger partial charge < -0.3 is 5.32 Å². The lowest BCUT2D eigenvalue weighted by Gasteiger charge is -2.11. The van der Waals surface area contributed by atoms with Crippen LogP contribution in [0, 0.1) is 6.92 Å². The minimum atomic E-state index is -3.05. The van der Waals surface area contributed by atoms with E-state index in [1.807, 2.05) is 18.4 Å². The van der Waals surface area contributed by atoms with E-state index in [9.17, 15) is 8.42 Å². The zero-order chi connectivity index (χ0) is 12.8. The van der Waals surface area contributed by atoms with E-state index in [1.54, 1.807) is 17.4 Å². The van der Waals surface area contributed by atoms with Crippen LogP contribution in [0.25, 0.3) is 10.2 Å². The molecule has 0 saturated carbocycles. The van der Waals surface area contributed by atoms with Gasteiger partial charge in [-0.05, 0) is 24.4 Å². The van der Waals surface area contributed by atoms with Crippen LogP contribution in [0.1, 0.15) is 5.82 Å². The average Bonchev–Trinajstić information content (AvgIpc) is 2.84. The van der Waals surface area contributed by atoms with E-state index in [1.165, 1.54) is 5.41 Å². The van der Waals surface area contributed by atoms with E-state index >= 15 is 0 Å². The molecule has 0 spiro atoms. The largest absolute Gasteiger partial charge is 0.362 e. The third-order valence-electron chi connectivity index (χ3n) is 2.69. The van der Waals surface area contributed by atoms with Crippen LogP contribution in [-0.2, 0) is 9.84 Å². The number of aromatic nitrogens is 2. The molecule has 0 unspecified atom stereocenters. The van der Waals surface area contributed by atoms with Crippen molar-refractivity contribution in [3.05, 3.63) is 28.8 Å². The van der Waals surface area contributed by atoms with Crippen molar-refractivity contribution in [1.29, 1.82) is 0 Å². The molecule has 2 aromatic heterocycles. The van der Waals surface area contributed by atoms with E-state index < -0.39 is 9.84 Å². The van der Waals surface area contributed by atoms with Crippen molar-refractivity contribution in [3.8, 4) is 0 Å². The molecule has 18 heavy (non-hydrogen) atoms. The van der Waals surface area contributed by atoms with Gasteiger partial charge in [-0.3, -0.25) is 0 Å². The van der Waals surface area contributed by atoms with E-state index in [4.69, 9.17) is 0 Å². The minimum Gasteiger partial charge on any atom is -0.362 e. The fourth-order valence-corrected chi connectivity index (χ4v) is 3.96. The monoisotopic (exact) mass is 281 g/mol. The van der Waals surface area contributed by atoms with Gasteiger partial charge in [0.05, 0.1) is 17.2 Å². The number of thiophene rings is 1. The molecule has 0 aromatic carbocycles. The number of nitrogens with zero attached hydrogens (tertiary/aromatic N) is 2. The Hall–Kier alpha value is -1.47. The summed E-state index contributed by atoms with van der Waals surface area (Å²) < 4.78 is 22.7. The predicted molar refractivity (Wildman–Crippen MR) is 72.5 cm³/mol. The highest BCUT2D eigenvalue weighted by molar-refractivity contribution is 7.94. The summed E-state index contributed by atoms with van der Waals surface area (Å²) in [7, 11) is -3.05. The maximum absolute atomic E-state index is 11.4. The molecule has 3 rings (SSSR count). The number of anilines is 1. The van der Waals surface area contributed by atoms with Gasteiger partial charge in [0, 0.05) is 5.41 Å². The van der Waals surface area contributed by atoms with Crippen LogP contribution in [0.15, 0.2) is 22.9 Å². The Morgan fingerprint density at radius 3 is 3.00 bits per heavy atom. The zero-order valence-corrected chi connectivity index (χ0v) is 11.3. The molecule has 5 nitrogen and oxygen atoms in total. The van der Waals surface area contributed by atoms with Crippen LogP contribution in [0.5, 0.6) is 0 Å². The molecular weight excluding hydrogens is 270 g/mol. The highest BCUT2D eigenvalue weighted by Crippen LogP contribution is 2.26. The predicted octanol–water partition coefficient (Wildman–Crippen LogP) is 1.72. The first-order valence-electron chi connectivity index (χ1n) is 5.43. The second kappa shape index (κ2) is 4.03. The summed E-state index contributed by atoms with van der Waals surface area (Å²) in [5.74, 6) is 1.46. The lowest BCUT2D eigenvalue weighted by molar-refractivity contribution is 0.605. The molecule has 3 heterocycles. The minimum absolute atomic E-state index is 0.0850. The van der Waals surface area contributed by atoms with Gasteiger partial charge in [-0.25, -0.2) is 18.4 Å². The first-order chi connectivity index (χ1) is 8.53. The summed E-state index contributed by atoms with van der Waals surface area (Å²) in [6.07, 6.45) is 1.66. The van der Waals surface area contributed by atoms with Gasteiger partial charge in [0.2, 0.25) is 0 Å². The van der Waals surface area contributed by atoms with Crippen LogP contribution in [0.3, 0.4) is 0 Å². The van der Waals surface area contributed by atoms with Crippen LogP contribution in [-0.4, -0.2) is 30.2 Å². The van der Waals surface area contributed by atoms with E-state index in [2.05, 4.69) is 15.3 Å². The third-order valence-corrected chi connectivity index (χ3v) is 4.89. The molecule has 1 aliphatic heterocycles. The molecular formula is C11H11N3O2S2. The molecule has 94 valence electrons. The summed E-state index contributed by atoms with van der Waals surface area (Å²) in [5, 5.41) is 7.29. The van der Waals surface area contributed by atoms with Gasteiger partial charge in [-0.15, -0.1) is 11.3 Å². The first-order valence-corrected chi connectivity index (χ1v) is 8.02. The maximum Gasteiger partial charge on any atom is 0.173 e. The summed E-state index contributed by atoms with van der Waals surface area (Å²) in [4.78, 5) is 9.58. The van der Waals surface area contributed by atoms with Crippen molar-refractivity contribution in [2.45, 2.75) is 13.0 Å². The van der Waals surface area contributed by atoms with Gasteiger partial charge in [-0.1, -0.05) is 0 Å². The SMILES string of the molecule is Cc1nc(N[C@H]2C=CS(=O)(=O)C2)c2ccsc2n1. The Morgan fingerprint density at radius 1 is 1.44 bits per heavy atom. The number of hydrogen-bond donors (Lipinski definition) is 1. The van der Waals surface area contributed by atoms with Crippen LogP contribution in [0.2, 0.25) is 0 Å². The number of fused-ring (bicyclic) bond motifs is 1. The highest BCUT2D eigenvalue weighted by atomic mass is 32.2. The molecule has 0 bridgehead atoms. The topological polar surface area (TPSA) is 72.0 Å². The molecule has 1 aliphatic rings. The summed E-state index contributed by atoms with van der Waals surface area (Å²) in [6.45, 7) is 1.82. The van der Waals surface area contributed by atoms with Gasteiger partial charge in [0.15, 0.2) is 9.84 Å². The third kappa shape index (κ3) is 2.11. The van der Waals surface area contributed by atoms with Crippen molar-refractivity contribution in [2.24, 2.45) is 0 Å². The molecule has 7 heteroatoms. The molecule has 2 aromatic rings. The van der Waals surface area contributed by atoms with Gasteiger partial charge >= 0.3 is 0 Å². The number of rotatable bonds is 2. The molecule has 0 saturated heterocycles. The summed E-state index contributed by atoms with van der Waals surface area (Å²) in [5.41, 5.74) is 0. The highest BCUT2D eigenvalue weighted by Gasteiger charge is 2.22. The second-order valence-electron chi connectivity index (χ2n) is 4.17. The van der Waals surface area contributed by atoms with Crippen molar-refractivity contribution >= 4 is 37.2 Å². The standard InChI is InChI=1S/C11H11N3O2S2/c1-7-12-10(9-2-4-17-11(9)13-7)14-8-3-5-18(15,16)6-8/h2-5,8H,6H2,1H3,(H,12,13,14)/t8-/m0/s1. The normalized spacial score (nSPS) is 21.5. The smallest absolute Gasteiger partial charge is 0.173 e. The van der Waals surface area contributed by atoms with Crippen LogP contribution < -0.4 is 5.32 Å². The van der Waals surface area contributed by atoms with Crippen molar-refractivity contribution in [3.63, 3.8) is 0 Å². The fourth-order valence-electron chi connectivity index (χ4n) is 1.91. The van der Waals surface area contributed by atoms with E-state index in [0.717, 1.165) is 10.2 Å². The summed E-state index contributed by atoms with van der Waals surface area (Å²) in [6, 6.07) is 1.72. The van der Waals surface area contributed by atoms with Gasteiger partial charge in [0.25, 0.3) is 0 Å². The van der Waals surface area contributed by atoms with E-state index in [-0.39, 0.29) is 11.8 Å².